The fourth-order valence-electron chi connectivity index (χ4n) is 0.675. The summed E-state index contributed by atoms with van der Waals surface area (Å²) in [6.45, 7) is 0. The molecule has 0 atom stereocenters. The third-order valence-electron chi connectivity index (χ3n) is 1.08. The summed E-state index contributed by atoms with van der Waals surface area (Å²) in [7, 11) is 0. The zero-order valence-electron chi connectivity index (χ0n) is 5.22. The summed E-state index contributed by atoms with van der Waals surface area (Å²) in [6.07, 6.45) is 7.64. The molecule has 0 aliphatic heterocycles. The Morgan fingerprint density at radius 1 is 1.50 bits per heavy atom. The number of allylic oxidation sites excluding steroid dienone is 5. The number of hydrogen-bond donors (Lipinski definition) is 0. The summed E-state index contributed by atoms with van der Waals surface area (Å²) >= 11 is 0. The Morgan fingerprint density at radius 3 is 2.80 bits per heavy atom. The lowest BCUT2D eigenvalue weighted by Gasteiger charge is -2.09. The number of hydrogen-bond acceptors (Lipinski definition) is 0. The molecule has 0 saturated carbocycles. The van der Waals surface area contributed by atoms with Crippen molar-refractivity contribution >= 4 is 0 Å². The molecule has 10 heavy (non-hydrogen) atoms. The van der Waals surface area contributed by atoms with Crippen LogP contribution in [-0.2, 0) is 0 Å². The van der Waals surface area contributed by atoms with Gasteiger partial charge in [-0.05, 0) is 0 Å². The van der Waals surface area contributed by atoms with E-state index in [1.54, 1.807) is 31.1 Å². The first-order valence-corrected chi connectivity index (χ1v) is 2.87. The smallest absolute Gasteiger partial charge is 0.185 e. The van der Waals surface area contributed by atoms with E-state index in [9.17, 15) is 8.78 Å². The van der Waals surface area contributed by atoms with Crippen molar-refractivity contribution in [1.82, 2.24) is 0 Å². The van der Waals surface area contributed by atoms with E-state index in [-0.39, 0.29) is 0 Å². The van der Waals surface area contributed by atoms with Crippen molar-refractivity contribution in [1.29, 1.82) is 0 Å². The summed E-state index contributed by atoms with van der Waals surface area (Å²) in [5.41, 5.74) is 0.530. The molecule has 0 unspecified atom stereocenters. The van der Waals surface area contributed by atoms with Crippen molar-refractivity contribution in [3.05, 3.63) is 48.8 Å². The maximum Gasteiger partial charge on any atom is 0.230 e. The Bertz CT molecular complexity index is 195. The molecule has 0 fully saturated rings. The van der Waals surface area contributed by atoms with Gasteiger partial charge in [0.2, 0.25) is 6.08 Å². The predicted molar refractivity (Wildman–Crippen MR) is 36.1 cm³/mol. The summed E-state index contributed by atoms with van der Waals surface area (Å²) in [5.74, 6) is 0. The molecule has 0 amide bonds. The molecular formula is C8H6F2-. The van der Waals surface area contributed by atoms with Crippen LogP contribution < -0.4 is 0 Å². The second kappa shape index (κ2) is 3.20. The topological polar surface area (TPSA) is 0 Å². The molecule has 0 spiro atoms. The highest BCUT2D eigenvalue weighted by molar-refractivity contribution is 5.39. The third-order valence-corrected chi connectivity index (χ3v) is 1.08. The van der Waals surface area contributed by atoms with Crippen LogP contribution in [0.2, 0.25) is 0 Å². The summed E-state index contributed by atoms with van der Waals surface area (Å²) in [5, 5.41) is 0. The first-order valence-electron chi connectivity index (χ1n) is 2.87. The van der Waals surface area contributed by atoms with E-state index in [4.69, 9.17) is 0 Å². The standard InChI is InChI=1S/C8H6F2/c9-8(10)6-7-4-2-1-3-5-7/h1-6H/q-1. The molecule has 1 rings (SSSR count). The average molecular weight is 140 g/mol. The van der Waals surface area contributed by atoms with Crippen molar-refractivity contribution in [3.63, 3.8) is 0 Å². The van der Waals surface area contributed by atoms with Gasteiger partial charge in [-0.1, -0.05) is 12.5 Å². The predicted octanol–water partition coefficient (Wildman–Crippen LogP) is 2.67. The van der Waals surface area contributed by atoms with Crippen LogP contribution >= 0.6 is 0 Å². The highest BCUT2D eigenvalue weighted by atomic mass is 19.3. The molecule has 0 bridgehead atoms. The normalized spacial score (nSPS) is 15.6. The van der Waals surface area contributed by atoms with Crippen molar-refractivity contribution in [2.75, 3.05) is 0 Å². The largest absolute Gasteiger partial charge is 0.230 e. The quantitative estimate of drug-likeness (QED) is 0.491. The van der Waals surface area contributed by atoms with Gasteiger partial charge in [-0.15, -0.1) is 18.1 Å². The van der Waals surface area contributed by atoms with E-state index in [0.29, 0.717) is 5.57 Å². The van der Waals surface area contributed by atoms with Crippen molar-refractivity contribution in [2.45, 2.75) is 0 Å². The van der Waals surface area contributed by atoms with E-state index < -0.39 is 6.08 Å². The molecule has 2 heteroatoms. The van der Waals surface area contributed by atoms with Gasteiger partial charge in [-0.25, -0.2) is 0 Å². The minimum atomic E-state index is -1.66. The van der Waals surface area contributed by atoms with Gasteiger partial charge in [0, 0.05) is 0 Å². The lowest BCUT2D eigenvalue weighted by atomic mass is 10.1. The van der Waals surface area contributed by atoms with Gasteiger partial charge in [-0.2, -0.15) is 20.9 Å². The van der Waals surface area contributed by atoms with E-state index in [0.717, 1.165) is 6.08 Å². The minimum Gasteiger partial charge on any atom is -0.185 e. The first-order chi connectivity index (χ1) is 4.79. The summed E-state index contributed by atoms with van der Waals surface area (Å²) in [6, 6.07) is 0. The molecule has 1 aliphatic rings. The van der Waals surface area contributed by atoms with Crippen LogP contribution in [0.25, 0.3) is 0 Å². The second-order valence-corrected chi connectivity index (χ2v) is 1.84. The van der Waals surface area contributed by atoms with Crippen LogP contribution in [0.3, 0.4) is 0 Å². The molecule has 0 heterocycles. The minimum absolute atomic E-state index is 0.530. The van der Waals surface area contributed by atoms with Crippen LogP contribution in [0.15, 0.2) is 36.0 Å². The van der Waals surface area contributed by atoms with Crippen molar-refractivity contribution in [3.8, 4) is 0 Å². The van der Waals surface area contributed by atoms with Gasteiger partial charge >= 0.3 is 0 Å². The van der Waals surface area contributed by atoms with E-state index in [2.05, 4.69) is 0 Å². The molecular weight excluding hydrogens is 134 g/mol. The average Bonchev–Trinajstić information content (AvgIpc) is 1.88. The molecule has 1 radical (unpaired) electrons. The molecule has 0 aromatic heterocycles. The molecule has 1 aliphatic carbocycles. The van der Waals surface area contributed by atoms with E-state index in [1.165, 1.54) is 0 Å². The van der Waals surface area contributed by atoms with Gasteiger partial charge in [0.05, 0.1) is 0 Å². The molecule has 0 saturated heterocycles. The first kappa shape index (κ1) is 7.06. The van der Waals surface area contributed by atoms with Crippen molar-refractivity contribution < 1.29 is 8.78 Å². The van der Waals surface area contributed by atoms with Crippen LogP contribution in [-0.4, -0.2) is 0 Å². The molecule has 0 aromatic rings. The molecule has 0 aromatic carbocycles. The SMILES string of the molecule is FC(F)=CC1=C[CH]C=C[CH-]1. The highest BCUT2D eigenvalue weighted by Crippen LogP contribution is 2.13. The Balaban J connectivity index is 2.57. The monoisotopic (exact) mass is 140 g/mol. The summed E-state index contributed by atoms with van der Waals surface area (Å²) in [4.78, 5) is 0. The zero-order valence-corrected chi connectivity index (χ0v) is 5.22. The lowest BCUT2D eigenvalue weighted by Crippen LogP contribution is -1.83. The molecule has 0 nitrogen and oxygen atoms in total. The second-order valence-electron chi connectivity index (χ2n) is 1.84. The van der Waals surface area contributed by atoms with Gasteiger partial charge in [0.15, 0.2) is 0 Å². The fourth-order valence-corrected chi connectivity index (χ4v) is 0.675. The Hall–Kier alpha value is -1.05. The third kappa shape index (κ3) is 2.05. The Morgan fingerprint density at radius 2 is 2.30 bits per heavy atom. The van der Waals surface area contributed by atoms with Gasteiger partial charge in [0.1, 0.15) is 0 Å². The Labute approximate surface area is 58.6 Å². The maximum absolute atomic E-state index is 11.6. The molecule has 53 valence electrons. The van der Waals surface area contributed by atoms with Gasteiger partial charge in [-0.3, -0.25) is 0 Å². The van der Waals surface area contributed by atoms with Crippen LogP contribution in [0.5, 0.6) is 0 Å². The lowest BCUT2D eigenvalue weighted by molar-refractivity contribution is 0.421. The fraction of sp³-hybridized carbons (Fsp3) is 0. The number of rotatable bonds is 1. The van der Waals surface area contributed by atoms with Crippen LogP contribution in [0.4, 0.5) is 8.78 Å². The van der Waals surface area contributed by atoms with Crippen LogP contribution in [0, 0.1) is 12.8 Å². The zero-order chi connectivity index (χ0) is 7.40. The summed E-state index contributed by atoms with van der Waals surface area (Å²) < 4.78 is 23.2. The van der Waals surface area contributed by atoms with Gasteiger partial charge in [0.25, 0.3) is 0 Å². The van der Waals surface area contributed by atoms with Crippen LogP contribution in [0.1, 0.15) is 0 Å². The molecule has 0 N–H and O–H groups in total. The van der Waals surface area contributed by atoms with Crippen molar-refractivity contribution in [2.24, 2.45) is 0 Å². The Kier molecular flexibility index (Phi) is 2.26. The number of halogens is 2. The maximum atomic E-state index is 11.6. The van der Waals surface area contributed by atoms with Gasteiger partial charge < -0.3 is 0 Å². The van der Waals surface area contributed by atoms with E-state index in [1.807, 2.05) is 0 Å². The highest BCUT2D eigenvalue weighted by Gasteiger charge is 1.88. The van der Waals surface area contributed by atoms with E-state index >= 15 is 0 Å².